The summed E-state index contributed by atoms with van der Waals surface area (Å²) in [5, 5.41) is 0. The van der Waals surface area contributed by atoms with E-state index in [1.165, 1.54) is 0 Å². The molecule has 0 aliphatic heterocycles. The minimum Gasteiger partial charge on any atom is -0.326 e. The summed E-state index contributed by atoms with van der Waals surface area (Å²) in [4.78, 5) is 0.320. The Balaban J connectivity index is 2.23. The molecule has 18 heavy (non-hydrogen) atoms. The first-order chi connectivity index (χ1) is 8.53. The minimum absolute atomic E-state index is 0.0950. The van der Waals surface area contributed by atoms with Gasteiger partial charge >= 0.3 is 0 Å². The van der Waals surface area contributed by atoms with Gasteiger partial charge in [-0.05, 0) is 43.0 Å². The smallest absolute Gasteiger partial charge is 0.240 e. The minimum atomic E-state index is -3.40. The molecule has 0 unspecified atom stereocenters. The monoisotopic (exact) mass is 268 g/mol. The highest BCUT2D eigenvalue weighted by atomic mass is 32.2. The Morgan fingerprint density at radius 1 is 1.33 bits per heavy atom. The average Bonchev–Trinajstić information content (AvgIpc) is 2.81. The number of nitrogens with one attached hydrogen (secondary N) is 1. The number of hydrogen-bond acceptors (Lipinski definition) is 3. The normalized spacial score (nSPS) is 17.2. The van der Waals surface area contributed by atoms with E-state index in [0.29, 0.717) is 11.4 Å². The Hall–Kier alpha value is -0.910. The summed E-state index contributed by atoms with van der Waals surface area (Å²) in [6, 6.07) is 5.22. The van der Waals surface area contributed by atoms with Crippen molar-refractivity contribution in [2.75, 3.05) is 0 Å². The van der Waals surface area contributed by atoms with Gasteiger partial charge in [-0.25, -0.2) is 13.1 Å². The summed E-state index contributed by atoms with van der Waals surface area (Å²) < 4.78 is 27.2. The molecule has 0 bridgehead atoms. The van der Waals surface area contributed by atoms with Crippen LogP contribution in [-0.2, 0) is 16.6 Å². The Morgan fingerprint density at radius 3 is 2.61 bits per heavy atom. The topological polar surface area (TPSA) is 72.2 Å². The number of hydrogen-bond donors (Lipinski definition) is 2. The van der Waals surface area contributed by atoms with Crippen molar-refractivity contribution in [2.45, 2.75) is 50.1 Å². The fourth-order valence-corrected chi connectivity index (χ4v) is 3.72. The fraction of sp³-hybridized carbons (Fsp3) is 0.538. The number of aryl methyl sites for hydroxylation is 1. The molecular weight excluding hydrogens is 248 g/mol. The van der Waals surface area contributed by atoms with E-state index < -0.39 is 10.0 Å². The molecule has 0 aromatic heterocycles. The molecule has 1 aromatic rings. The number of benzene rings is 1. The summed E-state index contributed by atoms with van der Waals surface area (Å²) >= 11 is 0. The Labute approximate surface area is 109 Å². The third kappa shape index (κ3) is 2.91. The van der Waals surface area contributed by atoms with Crippen LogP contribution >= 0.6 is 0 Å². The van der Waals surface area contributed by atoms with E-state index in [4.69, 9.17) is 5.73 Å². The van der Waals surface area contributed by atoms with Crippen molar-refractivity contribution in [2.24, 2.45) is 5.73 Å². The molecule has 1 fully saturated rings. The van der Waals surface area contributed by atoms with E-state index in [0.717, 1.165) is 36.8 Å². The van der Waals surface area contributed by atoms with Gasteiger partial charge in [0.25, 0.3) is 0 Å². The molecule has 0 spiro atoms. The molecule has 0 saturated heterocycles. The quantitative estimate of drug-likeness (QED) is 0.872. The molecule has 1 aliphatic carbocycles. The number of rotatable bonds is 4. The molecule has 0 heterocycles. The van der Waals surface area contributed by atoms with E-state index in [1.54, 1.807) is 12.1 Å². The molecule has 4 nitrogen and oxygen atoms in total. The molecule has 0 radical (unpaired) electrons. The zero-order valence-electron chi connectivity index (χ0n) is 10.6. The van der Waals surface area contributed by atoms with E-state index in [2.05, 4.69) is 4.72 Å². The molecule has 1 aliphatic rings. The Kier molecular flexibility index (Phi) is 4.04. The van der Waals surface area contributed by atoms with E-state index in [9.17, 15) is 8.42 Å². The van der Waals surface area contributed by atoms with Gasteiger partial charge < -0.3 is 5.73 Å². The first-order valence-corrected chi connectivity index (χ1v) is 7.83. The molecule has 0 atom stereocenters. The van der Waals surface area contributed by atoms with Gasteiger partial charge in [-0.2, -0.15) is 0 Å². The lowest BCUT2D eigenvalue weighted by Crippen LogP contribution is -2.32. The maximum atomic E-state index is 12.2. The molecular formula is C13H20N2O2S. The van der Waals surface area contributed by atoms with Gasteiger partial charge in [0.05, 0.1) is 4.90 Å². The van der Waals surface area contributed by atoms with E-state index in [-0.39, 0.29) is 6.04 Å². The van der Waals surface area contributed by atoms with Crippen LogP contribution in [-0.4, -0.2) is 14.5 Å². The first-order valence-electron chi connectivity index (χ1n) is 6.35. The van der Waals surface area contributed by atoms with Gasteiger partial charge in [0.1, 0.15) is 0 Å². The van der Waals surface area contributed by atoms with E-state index in [1.807, 2.05) is 13.0 Å². The maximum Gasteiger partial charge on any atom is 0.240 e. The van der Waals surface area contributed by atoms with Crippen LogP contribution in [0.4, 0.5) is 0 Å². The van der Waals surface area contributed by atoms with Crippen LogP contribution in [0.2, 0.25) is 0 Å². The van der Waals surface area contributed by atoms with Crippen LogP contribution in [0.3, 0.4) is 0 Å². The van der Waals surface area contributed by atoms with Gasteiger partial charge in [-0.3, -0.25) is 0 Å². The highest BCUT2D eigenvalue weighted by Gasteiger charge is 2.23. The summed E-state index contributed by atoms with van der Waals surface area (Å²) in [6.07, 6.45) is 4.09. The lowest BCUT2D eigenvalue weighted by Gasteiger charge is -2.13. The van der Waals surface area contributed by atoms with Crippen molar-refractivity contribution < 1.29 is 8.42 Å². The summed E-state index contributed by atoms with van der Waals surface area (Å²) in [5.74, 6) is 0. The fourth-order valence-electron chi connectivity index (χ4n) is 2.37. The highest BCUT2D eigenvalue weighted by molar-refractivity contribution is 7.89. The predicted molar refractivity (Wildman–Crippen MR) is 71.6 cm³/mol. The van der Waals surface area contributed by atoms with Gasteiger partial charge in [0.2, 0.25) is 10.0 Å². The zero-order valence-corrected chi connectivity index (χ0v) is 11.5. The molecule has 3 N–H and O–H groups in total. The van der Waals surface area contributed by atoms with Crippen molar-refractivity contribution in [3.63, 3.8) is 0 Å². The second-order valence-corrected chi connectivity index (χ2v) is 6.61. The Morgan fingerprint density at radius 2 is 2.00 bits per heavy atom. The maximum absolute atomic E-state index is 12.2. The van der Waals surface area contributed by atoms with Crippen LogP contribution in [0.1, 0.15) is 36.8 Å². The van der Waals surface area contributed by atoms with Crippen LogP contribution in [0.15, 0.2) is 23.1 Å². The van der Waals surface area contributed by atoms with Crippen molar-refractivity contribution in [3.05, 3.63) is 29.3 Å². The third-order valence-electron chi connectivity index (χ3n) is 3.53. The van der Waals surface area contributed by atoms with Crippen molar-refractivity contribution in [1.29, 1.82) is 0 Å². The second-order valence-electron chi connectivity index (χ2n) is 4.90. The van der Waals surface area contributed by atoms with Gasteiger partial charge in [-0.15, -0.1) is 0 Å². The lowest BCUT2D eigenvalue weighted by atomic mass is 10.1. The predicted octanol–water partition coefficient (Wildman–Crippen LogP) is 1.67. The standard InChI is InChI=1S/C13H20N2O2S/c1-10-6-7-13(8-11(10)9-14)18(16,17)15-12-4-2-3-5-12/h6-8,12,15H,2-5,9,14H2,1H3. The zero-order chi connectivity index (χ0) is 13.2. The van der Waals surface area contributed by atoms with E-state index >= 15 is 0 Å². The molecule has 2 rings (SSSR count). The summed E-state index contributed by atoms with van der Waals surface area (Å²) in [6.45, 7) is 2.29. The molecule has 1 saturated carbocycles. The van der Waals surface area contributed by atoms with Crippen LogP contribution in [0.25, 0.3) is 0 Å². The van der Waals surface area contributed by atoms with Crippen molar-refractivity contribution in [3.8, 4) is 0 Å². The van der Waals surface area contributed by atoms with Crippen LogP contribution < -0.4 is 10.5 Å². The second kappa shape index (κ2) is 5.38. The Bertz CT molecular complexity index is 520. The van der Waals surface area contributed by atoms with Gasteiger partial charge in [0.15, 0.2) is 0 Å². The average molecular weight is 268 g/mol. The van der Waals surface area contributed by atoms with Crippen LogP contribution in [0.5, 0.6) is 0 Å². The molecule has 1 aromatic carbocycles. The summed E-state index contributed by atoms with van der Waals surface area (Å²) in [5.41, 5.74) is 7.52. The highest BCUT2D eigenvalue weighted by Crippen LogP contribution is 2.21. The van der Waals surface area contributed by atoms with Gasteiger partial charge in [-0.1, -0.05) is 18.9 Å². The summed E-state index contributed by atoms with van der Waals surface area (Å²) in [7, 11) is -3.40. The van der Waals surface area contributed by atoms with Crippen molar-refractivity contribution in [1.82, 2.24) is 4.72 Å². The lowest BCUT2D eigenvalue weighted by molar-refractivity contribution is 0.552. The number of sulfonamides is 1. The first kappa shape index (κ1) is 13.5. The van der Waals surface area contributed by atoms with Gasteiger partial charge in [0, 0.05) is 12.6 Å². The van der Waals surface area contributed by atoms with Crippen molar-refractivity contribution >= 4 is 10.0 Å². The molecule has 100 valence electrons. The third-order valence-corrected chi connectivity index (χ3v) is 5.05. The number of nitrogens with two attached hydrogens (primary N) is 1. The largest absolute Gasteiger partial charge is 0.326 e. The molecule has 0 amide bonds. The SMILES string of the molecule is Cc1ccc(S(=O)(=O)NC2CCCC2)cc1CN. The molecule has 5 heteroatoms. The van der Waals surface area contributed by atoms with Crippen LogP contribution in [0, 0.1) is 6.92 Å².